The average molecular weight is 500 g/mol. The zero-order valence-corrected chi connectivity index (χ0v) is 19.9. The first kappa shape index (κ1) is 39.8. The summed E-state index contributed by atoms with van der Waals surface area (Å²) in [5.74, 6) is -1.00. The van der Waals surface area contributed by atoms with Crippen molar-refractivity contribution >= 4 is 54.9 Å². The van der Waals surface area contributed by atoms with Crippen LogP contribution in [0.5, 0.6) is 0 Å². The molecule has 0 aliphatic rings. The van der Waals surface area contributed by atoms with E-state index in [2.05, 4.69) is 4.31 Å². The van der Waals surface area contributed by atoms with E-state index in [0.29, 0.717) is 0 Å². The zero-order chi connectivity index (χ0) is 21.9. The van der Waals surface area contributed by atoms with Crippen LogP contribution in [0.3, 0.4) is 0 Å². The molecule has 28 heavy (non-hydrogen) atoms. The van der Waals surface area contributed by atoms with Crippen LogP contribution in [0.15, 0.2) is 0 Å². The number of hydrogen-bond acceptors (Lipinski definition) is 14. The Hall–Kier alpha value is 1.37. The van der Waals surface area contributed by atoms with Crippen LogP contribution in [0.25, 0.3) is 0 Å². The first-order valence-electron chi connectivity index (χ1n) is 5.51. The molecule has 0 spiro atoms. The molecule has 0 heterocycles. The van der Waals surface area contributed by atoms with Crippen molar-refractivity contribution in [2.24, 2.45) is 0 Å². The van der Waals surface area contributed by atoms with Crippen molar-refractivity contribution in [3.05, 3.63) is 0 Å². The Bertz CT molecular complexity index is 573. The summed E-state index contributed by atoms with van der Waals surface area (Å²) in [6, 6.07) is 0. The Morgan fingerprint density at radius 3 is 1.50 bits per heavy atom. The number of rotatable bonds is 7. The second-order valence-corrected chi connectivity index (χ2v) is 7.15. The Kier molecular flexibility index (Phi) is 25.6. The minimum Gasteiger partial charge on any atom is -0.759 e. The molecule has 0 radical (unpaired) electrons. The van der Waals surface area contributed by atoms with Gasteiger partial charge in [0.05, 0.1) is 6.61 Å². The SMILES string of the molecule is O=C(CO)C(O)C(O)C(O)CO.O=P([O-])(O)OP(=O)(O)O.O=S(=O)([O-])[O-].[Mg+2].[Na+]. The van der Waals surface area contributed by atoms with Gasteiger partial charge in [-0.3, -0.25) is 17.8 Å². The molecule has 0 rings (SSSR count). The van der Waals surface area contributed by atoms with Crippen molar-refractivity contribution in [1.29, 1.82) is 0 Å². The van der Waals surface area contributed by atoms with E-state index in [0.717, 1.165) is 0 Å². The predicted octanol–water partition coefficient (Wildman–Crippen LogP) is -9.54. The minimum atomic E-state index is -5.30. The van der Waals surface area contributed by atoms with Gasteiger partial charge >= 0.3 is 60.4 Å². The van der Waals surface area contributed by atoms with E-state index in [1.54, 1.807) is 0 Å². The fourth-order valence-corrected chi connectivity index (χ4v) is 1.81. The summed E-state index contributed by atoms with van der Waals surface area (Å²) in [4.78, 5) is 43.1. The quantitative estimate of drug-likeness (QED) is 0.0695. The third kappa shape index (κ3) is 34.8. The number of carbonyl (C=O) groups excluding carboxylic acids is 1. The molecule has 17 nitrogen and oxygen atoms in total. The standard InChI is InChI=1S/C6H12O6.Mg.Na.H4O7P2.H2O4S/c7-1-3(9)5(11)6(12)4(10)2-8;;;1-8(2,3)7-9(4,5)6;1-5(2,3)4/h3,5-9,11-12H,1-2H2;;;(H2,1,2,3)(H2,4,5,6);(H2,1,2,3,4)/q;+2;+1;;/p-3. The van der Waals surface area contributed by atoms with Gasteiger partial charge in [-0.2, -0.15) is 0 Å². The van der Waals surface area contributed by atoms with Gasteiger partial charge in [-0.05, 0) is 0 Å². The van der Waals surface area contributed by atoms with Crippen molar-refractivity contribution < 1.29 is 110 Å². The maximum absolute atomic E-state index is 10.5. The monoisotopic (exact) mass is 500 g/mol. The Morgan fingerprint density at radius 2 is 1.36 bits per heavy atom. The van der Waals surface area contributed by atoms with Crippen molar-refractivity contribution in [2.75, 3.05) is 13.2 Å². The third-order valence-corrected chi connectivity index (χ3v) is 3.28. The Balaban J connectivity index is -0.0000000983. The molecule has 160 valence electrons. The van der Waals surface area contributed by atoms with Gasteiger partial charge in [-0.15, -0.1) is 0 Å². The average Bonchev–Trinajstić information content (AvgIpc) is 2.38. The Labute approximate surface area is 195 Å². The smallest absolute Gasteiger partial charge is 0.759 e. The number of ketones is 1. The molecule has 8 N–H and O–H groups in total. The number of aliphatic hydroxyl groups excluding tert-OH is 5. The van der Waals surface area contributed by atoms with Crippen molar-refractivity contribution in [3.63, 3.8) is 0 Å². The molecule has 22 heteroatoms. The molecule has 0 fully saturated rings. The molecule has 0 saturated heterocycles. The molecule has 0 aliphatic carbocycles. The molecule has 0 saturated carbocycles. The summed E-state index contributed by atoms with van der Waals surface area (Å²) in [6.45, 7) is -1.69. The topological polar surface area (TPSA) is 326 Å². The molecule has 4 atom stereocenters. The van der Waals surface area contributed by atoms with E-state index < -0.39 is 63.4 Å². The summed E-state index contributed by atoms with van der Waals surface area (Å²) >= 11 is 0. The van der Waals surface area contributed by atoms with Crippen LogP contribution >= 0.6 is 15.6 Å². The van der Waals surface area contributed by atoms with Gasteiger partial charge in [0.1, 0.15) is 24.9 Å². The van der Waals surface area contributed by atoms with Gasteiger partial charge in [-0.1, -0.05) is 0 Å². The number of hydrogen-bond donors (Lipinski definition) is 8. The number of phosphoric acid groups is 2. The van der Waals surface area contributed by atoms with Gasteiger partial charge in [0.25, 0.3) is 7.82 Å². The largest absolute Gasteiger partial charge is 2.00 e. The first-order valence-corrected chi connectivity index (χ1v) is 9.87. The maximum atomic E-state index is 10.5. The van der Waals surface area contributed by atoms with Gasteiger partial charge in [-0.25, -0.2) is 8.88 Å². The van der Waals surface area contributed by atoms with Crippen molar-refractivity contribution in [1.82, 2.24) is 0 Å². The number of aliphatic hydroxyl groups is 5. The predicted molar refractivity (Wildman–Crippen MR) is 76.4 cm³/mol. The second kappa shape index (κ2) is 18.0. The zero-order valence-electron chi connectivity index (χ0n) is 13.9. The molecule has 0 aromatic rings. The van der Waals surface area contributed by atoms with Crippen LogP contribution in [0, 0.1) is 0 Å². The van der Waals surface area contributed by atoms with E-state index in [1.165, 1.54) is 0 Å². The summed E-state index contributed by atoms with van der Waals surface area (Å²) in [7, 11) is -15.6. The fourth-order valence-electron chi connectivity index (χ4n) is 0.737. The molecule has 0 aliphatic heterocycles. The molecule has 0 bridgehead atoms. The first-order chi connectivity index (χ1) is 11.2. The van der Waals surface area contributed by atoms with E-state index >= 15 is 0 Å². The normalized spacial score (nSPS) is 16.1. The minimum absolute atomic E-state index is 0. The third-order valence-electron chi connectivity index (χ3n) is 1.60. The molecular weight excluding hydrogens is 485 g/mol. The second-order valence-electron chi connectivity index (χ2n) is 3.76. The van der Waals surface area contributed by atoms with Crippen LogP contribution in [0.4, 0.5) is 0 Å². The van der Waals surface area contributed by atoms with Gasteiger partial charge in [0, 0.05) is 10.4 Å². The summed E-state index contributed by atoms with van der Waals surface area (Å²) in [5.41, 5.74) is 0. The maximum Gasteiger partial charge on any atom is 2.00 e. The summed E-state index contributed by atoms with van der Waals surface area (Å²) in [5, 5.41) is 43.1. The molecule has 0 amide bonds. The summed E-state index contributed by atoms with van der Waals surface area (Å²) in [6.07, 6.45) is -5.22. The van der Waals surface area contributed by atoms with Crippen LogP contribution in [-0.4, -0.2) is 118 Å². The van der Waals surface area contributed by atoms with Crippen LogP contribution in [-0.2, 0) is 28.6 Å². The number of Topliss-reactive ketones (excluding diaryl/α,β-unsaturated/α-hetero) is 1. The van der Waals surface area contributed by atoms with Gasteiger partial charge < -0.3 is 54.2 Å². The number of carbonyl (C=O) groups is 1. The molecule has 4 unspecified atom stereocenters. The molecule has 0 aromatic carbocycles. The van der Waals surface area contributed by atoms with Crippen LogP contribution < -0.4 is 34.5 Å². The van der Waals surface area contributed by atoms with E-state index in [1.807, 2.05) is 0 Å². The van der Waals surface area contributed by atoms with Crippen molar-refractivity contribution in [3.8, 4) is 0 Å². The molecular formula is C6H15MgNaO17P2S. The van der Waals surface area contributed by atoms with E-state index in [4.69, 9.17) is 57.7 Å². The van der Waals surface area contributed by atoms with E-state index in [9.17, 15) is 18.8 Å². The van der Waals surface area contributed by atoms with Crippen LogP contribution in [0.2, 0.25) is 0 Å². The van der Waals surface area contributed by atoms with Crippen LogP contribution in [0.1, 0.15) is 0 Å². The fraction of sp³-hybridized carbons (Fsp3) is 0.833. The summed E-state index contributed by atoms with van der Waals surface area (Å²) < 4.78 is 56.0. The Morgan fingerprint density at radius 1 is 1.04 bits per heavy atom. The molecule has 0 aromatic heterocycles. The van der Waals surface area contributed by atoms with Gasteiger partial charge in [0.15, 0.2) is 5.78 Å². The van der Waals surface area contributed by atoms with Crippen molar-refractivity contribution in [2.45, 2.75) is 18.3 Å². The van der Waals surface area contributed by atoms with E-state index in [-0.39, 0.29) is 52.6 Å². The van der Waals surface area contributed by atoms with Gasteiger partial charge in [0.2, 0.25) is 0 Å².